The van der Waals surface area contributed by atoms with Crippen molar-refractivity contribution in [2.24, 2.45) is 11.7 Å². The molecule has 0 bridgehead atoms. The first-order valence-corrected chi connectivity index (χ1v) is 9.07. The van der Waals surface area contributed by atoms with Gasteiger partial charge in [-0.3, -0.25) is 4.90 Å². The highest BCUT2D eigenvalue weighted by Crippen LogP contribution is 2.42. The molecule has 1 saturated carbocycles. The quantitative estimate of drug-likeness (QED) is 0.836. The Labute approximate surface area is 127 Å². The van der Waals surface area contributed by atoms with Crippen LogP contribution in [0.15, 0.2) is 11.4 Å². The number of rotatable bonds is 2. The monoisotopic (exact) mass is 292 g/mol. The molecule has 3 rings (SSSR count). The summed E-state index contributed by atoms with van der Waals surface area (Å²) in [5.41, 5.74) is 8.12. The number of hydrogen-bond donors (Lipinski definition) is 1. The maximum absolute atomic E-state index is 6.30. The molecule has 0 aromatic carbocycles. The molecule has 112 valence electrons. The highest BCUT2D eigenvalue weighted by atomic mass is 32.1. The standard InChI is InChI=1S/C17H28N2S/c1-13-4-3-8-17(12-18,9-5-13)19-10-6-16-15(14(19)2)7-11-20-16/h7,11,13-14H,3-6,8-10,12,18H2,1-2H3. The average Bonchev–Trinajstić information content (AvgIpc) is 2.85. The molecule has 3 unspecified atom stereocenters. The Bertz CT molecular complexity index is 456. The summed E-state index contributed by atoms with van der Waals surface area (Å²) < 4.78 is 0. The van der Waals surface area contributed by atoms with Gasteiger partial charge in [0.2, 0.25) is 0 Å². The first-order valence-electron chi connectivity index (χ1n) is 8.19. The smallest absolute Gasteiger partial charge is 0.0338 e. The molecule has 2 N–H and O–H groups in total. The summed E-state index contributed by atoms with van der Waals surface area (Å²) in [5.74, 6) is 0.875. The molecule has 2 nitrogen and oxygen atoms in total. The van der Waals surface area contributed by atoms with E-state index < -0.39 is 0 Å². The van der Waals surface area contributed by atoms with Crippen molar-refractivity contribution >= 4 is 11.3 Å². The van der Waals surface area contributed by atoms with Gasteiger partial charge in [-0.25, -0.2) is 0 Å². The van der Waals surface area contributed by atoms with Crippen LogP contribution in [0.5, 0.6) is 0 Å². The molecule has 0 saturated heterocycles. The van der Waals surface area contributed by atoms with Crippen LogP contribution in [0.1, 0.15) is 62.4 Å². The molecule has 2 aliphatic rings. The van der Waals surface area contributed by atoms with Crippen molar-refractivity contribution in [3.8, 4) is 0 Å². The van der Waals surface area contributed by atoms with Crippen LogP contribution in [0.4, 0.5) is 0 Å². The van der Waals surface area contributed by atoms with Gasteiger partial charge in [-0.2, -0.15) is 0 Å². The zero-order chi connectivity index (χ0) is 14.2. The maximum atomic E-state index is 6.30. The number of thiophene rings is 1. The minimum atomic E-state index is 0.254. The van der Waals surface area contributed by atoms with Crippen molar-refractivity contribution in [2.45, 2.75) is 64.0 Å². The fraction of sp³-hybridized carbons (Fsp3) is 0.765. The maximum Gasteiger partial charge on any atom is 0.0338 e. The van der Waals surface area contributed by atoms with Gasteiger partial charge < -0.3 is 5.73 Å². The predicted octanol–water partition coefficient (Wildman–Crippen LogP) is 3.96. The summed E-state index contributed by atoms with van der Waals surface area (Å²) in [4.78, 5) is 4.35. The van der Waals surface area contributed by atoms with E-state index >= 15 is 0 Å². The van der Waals surface area contributed by atoms with Crippen LogP contribution in [-0.4, -0.2) is 23.5 Å². The molecule has 0 amide bonds. The van der Waals surface area contributed by atoms with E-state index in [-0.39, 0.29) is 5.54 Å². The molecule has 1 aliphatic carbocycles. The van der Waals surface area contributed by atoms with Crippen molar-refractivity contribution < 1.29 is 0 Å². The van der Waals surface area contributed by atoms with Crippen LogP contribution in [-0.2, 0) is 6.42 Å². The summed E-state index contributed by atoms with van der Waals surface area (Å²) in [5, 5.41) is 2.26. The Balaban J connectivity index is 1.86. The lowest BCUT2D eigenvalue weighted by atomic mass is 9.84. The van der Waals surface area contributed by atoms with E-state index in [1.807, 2.05) is 11.3 Å². The molecule has 1 aromatic heterocycles. The van der Waals surface area contributed by atoms with Gasteiger partial charge in [0.15, 0.2) is 0 Å². The second-order valence-electron chi connectivity index (χ2n) is 6.88. The van der Waals surface area contributed by atoms with Crippen molar-refractivity contribution in [3.05, 3.63) is 21.9 Å². The number of nitrogens with two attached hydrogens (primary N) is 1. The predicted molar refractivity (Wildman–Crippen MR) is 87.2 cm³/mol. The Morgan fingerprint density at radius 3 is 3.00 bits per heavy atom. The highest BCUT2D eigenvalue weighted by Gasteiger charge is 2.41. The summed E-state index contributed by atoms with van der Waals surface area (Å²) in [6.07, 6.45) is 7.86. The van der Waals surface area contributed by atoms with Gasteiger partial charge in [-0.1, -0.05) is 19.8 Å². The number of hydrogen-bond acceptors (Lipinski definition) is 3. The zero-order valence-corrected chi connectivity index (χ0v) is 13.7. The highest BCUT2D eigenvalue weighted by molar-refractivity contribution is 7.10. The van der Waals surface area contributed by atoms with Crippen LogP contribution < -0.4 is 5.73 Å². The topological polar surface area (TPSA) is 29.3 Å². The SMILES string of the molecule is CC1CCCC(CN)(N2CCc3sccc3C2C)CC1. The lowest BCUT2D eigenvalue weighted by Gasteiger charge is -2.48. The Morgan fingerprint density at radius 2 is 2.20 bits per heavy atom. The van der Waals surface area contributed by atoms with Gasteiger partial charge in [0, 0.05) is 29.5 Å². The number of nitrogens with zero attached hydrogens (tertiary/aromatic N) is 1. The molecule has 1 fully saturated rings. The summed E-state index contributed by atoms with van der Waals surface area (Å²) >= 11 is 1.93. The number of fused-ring (bicyclic) bond motifs is 1. The normalized spacial score (nSPS) is 35.5. The van der Waals surface area contributed by atoms with Crippen LogP contribution in [0, 0.1) is 5.92 Å². The van der Waals surface area contributed by atoms with Crippen molar-refractivity contribution in [3.63, 3.8) is 0 Å². The van der Waals surface area contributed by atoms with E-state index in [1.165, 1.54) is 45.1 Å². The van der Waals surface area contributed by atoms with E-state index in [1.54, 1.807) is 10.4 Å². The first kappa shape index (κ1) is 14.6. The molecular weight excluding hydrogens is 264 g/mol. The summed E-state index contributed by atoms with van der Waals surface area (Å²) in [7, 11) is 0. The fourth-order valence-corrected chi connectivity index (χ4v) is 5.29. The second kappa shape index (κ2) is 5.78. The van der Waals surface area contributed by atoms with Gasteiger partial charge in [0.1, 0.15) is 0 Å². The van der Waals surface area contributed by atoms with E-state index in [4.69, 9.17) is 5.73 Å². The van der Waals surface area contributed by atoms with Gasteiger partial charge in [0.05, 0.1) is 0 Å². The van der Waals surface area contributed by atoms with Gasteiger partial charge in [0.25, 0.3) is 0 Å². The minimum Gasteiger partial charge on any atom is -0.329 e. The van der Waals surface area contributed by atoms with Crippen molar-refractivity contribution in [1.82, 2.24) is 4.90 Å². The largest absolute Gasteiger partial charge is 0.329 e. The molecule has 0 radical (unpaired) electrons. The van der Waals surface area contributed by atoms with E-state index in [9.17, 15) is 0 Å². The van der Waals surface area contributed by atoms with Crippen LogP contribution in [0.2, 0.25) is 0 Å². The van der Waals surface area contributed by atoms with Crippen LogP contribution in [0.3, 0.4) is 0 Å². The lowest BCUT2D eigenvalue weighted by molar-refractivity contribution is 0.0343. The van der Waals surface area contributed by atoms with Crippen LogP contribution >= 0.6 is 11.3 Å². The Kier molecular flexibility index (Phi) is 4.21. The van der Waals surface area contributed by atoms with Gasteiger partial charge >= 0.3 is 0 Å². The third-order valence-corrected chi connectivity index (χ3v) is 6.70. The van der Waals surface area contributed by atoms with E-state index in [0.29, 0.717) is 6.04 Å². The second-order valence-corrected chi connectivity index (χ2v) is 7.88. The molecular formula is C17H28N2S. The molecule has 1 aromatic rings. The Hall–Kier alpha value is -0.380. The molecule has 3 atom stereocenters. The zero-order valence-electron chi connectivity index (χ0n) is 12.9. The minimum absolute atomic E-state index is 0.254. The average molecular weight is 292 g/mol. The van der Waals surface area contributed by atoms with Crippen molar-refractivity contribution in [2.75, 3.05) is 13.1 Å². The summed E-state index contributed by atoms with van der Waals surface area (Å²) in [6.45, 7) is 6.81. The molecule has 0 spiro atoms. The van der Waals surface area contributed by atoms with Crippen molar-refractivity contribution in [1.29, 1.82) is 0 Å². The lowest BCUT2D eigenvalue weighted by Crippen LogP contribution is -2.56. The fourth-order valence-electron chi connectivity index (χ4n) is 4.33. The Morgan fingerprint density at radius 1 is 1.35 bits per heavy atom. The molecule has 20 heavy (non-hydrogen) atoms. The summed E-state index contributed by atoms with van der Waals surface area (Å²) in [6, 6.07) is 2.88. The third-order valence-electron chi connectivity index (χ3n) is 5.71. The van der Waals surface area contributed by atoms with E-state index in [0.717, 1.165) is 12.5 Å². The molecule has 1 aliphatic heterocycles. The van der Waals surface area contributed by atoms with Crippen LogP contribution in [0.25, 0.3) is 0 Å². The molecule has 3 heteroatoms. The molecule has 2 heterocycles. The van der Waals surface area contributed by atoms with E-state index in [2.05, 4.69) is 30.2 Å². The first-order chi connectivity index (χ1) is 9.66. The van der Waals surface area contributed by atoms with Gasteiger partial charge in [-0.05, 0) is 55.5 Å². The van der Waals surface area contributed by atoms with Gasteiger partial charge in [-0.15, -0.1) is 11.3 Å². The third kappa shape index (κ3) is 2.44.